The molecule has 154 valence electrons. The van der Waals surface area contributed by atoms with E-state index in [2.05, 4.69) is 33.3 Å². The number of fused-ring (bicyclic) bond motifs is 1. The summed E-state index contributed by atoms with van der Waals surface area (Å²) in [6.45, 7) is 10.1. The SMILES string of the molecule is Cc1cc(C)cc(NC(=O)CCN2CCN(Cc3ccc4c(c3)OCO4)CC2)c1. The Morgan fingerprint density at radius 1 is 0.931 bits per heavy atom. The zero-order valence-corrected chi connectivity index (χ0v) is 17.2. The van der Waals surface area contributed by atoms with Crippen LogP contribution in [0.4, 0.5) is 5.69 Å². The maximum atomic E-state index is 12.3. The Morgan fingerprint density at radius 3 is 2.38 bits per heavy atom. The molecule has 0 radical (unpaired) electrons. The molecule has 1 saturated heterocycles. The van der Waals surface area contributed by atoms with E-state index >= 15 is 0 Å². The van der Waals surface area contributed by atoms with Crippen LogP contribution in [-0.4, -0.2) is 55.2 Å². The van der Waals surface area contributed by atoms with E-state index in [1.807, 2.05) is 32.0 Å². The first-order chi connectivity index (χ1) is 14.0. The Bertz CT molecular complexity index is 855. The van der Waals surface area contributed by atoms with E-state index in [0.717, 1.165) is 56.5 Å². The van der Waals surface area contributed by atoms with Gasteiger partial charge in [0.15, 0.2) is 11.5 Å². The second-order valence-corrected chi connectivity index (χ2v) is 7.98. The lowest BCUT2D eigenvalue weighted by atomic mass is 10.1. The number of anilines is 1. The molecular weight excluding hydrogens is 366 g/mol. The highest BCUT2D eigenvalue weighted by Gasteiger charge is 2.19. The van der Waals surface area contributed by atoms with Crippen LogP contribution in [0, 0.1) is 13.8 Å². The summed E-state index contributed by atoms with van der Waals surface area (Å²) in [7, 11) is 0. The van der Waals surface area contributed by atoms with Crippen LogP contribution in [0.15, 0.2) is 36.4 Å². The van der Waals surface area contributed by atoms with Gasteiger partial charge >= 0.3 is 0 Å². The minimum atomic E-state index is 0.0813. The number of benzene rings is 2. The molecule has 0 aliphatic carbocycles. The van der Waals surface area contributed by atoms with Crippen molar-refractivity contribution in [3.63, 3.8) is 0 Å². The average molecular weight is 396 g/mol. The van der Waals surface area contributed by atoms with Crippen molar-refractivity contribution in [2.75, 3.05) is 44.8 Å². The van der Waals surface area contributed by atoms with Crippen LogP contribution in [0.1, 0.15) is 23.1 Å². The van der Waals surface area contributed by atoms with E-state index in [1.54, 1.807) is 0 Å². The number of carbonyl (C=O) groups excluding carboxylic acids is 1. The van der Waals surface area contributed by atoms with Crippen molar-refractivity contribution in [2.45, 2.75) is 26.8 Å². The Kier molecular flexibility index (Phi) is 6.02. The third kappa shape index (κ3) is 5.28. The van der Waals surface area contributed by atoms with Gasteiger partial charge in [0, 0.05) is 51.4 Å². The number of hydrogen-bond acceptors (Lipinski definition) is 5. The van der Waals surface area contributed by atoms with E-state index < -0.39 is 0 Å². The third-order valence-corrected chi connectivity index (χ3v) is 5.47. The summed E-state index contributed by atoms with van der Waals surface area (Å²) in [4.78, 5) is 17.1. The van der Waals surface area contributed by atoms with E-state index in [9.17, 15) is 4.79 Å². The smallest absolute Gasteiger partial charge is 0.231 e. The molecule has 0 atom stereocenters. The molecule has 2 aliphatic heterocycles. The van der Waals surface area contributed by atoms with Gasteiger partial charge < -0.3 is 19.7 Å². The number of piperazine rings is 1. The second-order valence-electron chi connectivity index (χ2n) is 7.98. The lowest BCUT2D eigenvalue weighted by molar-refractivity contribution is -0.116. The normalized spacial score (nSPS) is 16.8. The lowest BCUT2D eigenvalue weighted by Crippen LogP contribution is -2.46. The van der Waals surface area contributed by atoms with E-state index in [1.165, 1.54) is 16.7 Å². The number of ether oxygens (including phenoxy) is 2. The van der Waals surface area contributed by atoms with Gasteiger partial charge in [-0.05, 0) is 54.8 Å². The van der Waals surface area contributed by atoms with Crippen LogP contribution < -0.4 is 14.8 Å². The van der Waals surface area contributed by atoms with Gasteiger partial charge in [0.2, 0.25) is 12.7 Å². The lowest BCUT2D eigenvalue weighted by Gasteiger charge is -2.34. The first kappa shape index (κ1) is 19.7. The van der Waals surface area contributed by atoms with Gasteiger partial charge in [-0.3, -0.25) is 9.69 Å². The zero-order chi connectivity index (χ0) is 20.2. The van der Waals surface area contributed by atoms with Crippen molar-refractivity contribution in [2.24, 2.45) is 0 Å². The highest BCUT2D eigenvalue weighted by molar-refractivity contribution is 5.91. The average Bonchev–Trinajstić information content (AvgIpc) is 3.14. The number of aryl methyl sites for hydroxylation is 2. The fourth-order valence-corrected chi connectivity index (χ4v) is 4.00. The van der Waals surface area contributed by atoms with Gasteiger partial charge in [0.05, 0.1) is 0 Å². The van der Waals surface area contributed by atoms with E-state index in [-0.39, 0.29) is 5.91 Å². The first-order valence-electron chi connectivity index (χ1n) is 10.3. The molecule has 1 amide bonds. The van der Waals surface area contributed by atoms with Gasteiger partial charge in [0.25, 0.3) is 0 Å². The van der Waals surface area contributed by atoms with Crippen molar-refractivity contribution < 1.29 is 14.3 Å². The molecule has 0 spiro atoms. The third-order valence-electron chi connectivity index (χ3n) is 5.47. The number of amides is 1. The zero-order valence-electron chi connectivity index (χ0n) is 17.2. The van der Waals surface area contributed by atoms with Crippen molar-refractivity contribution in [1.29, 1.82) is 0 Å². The Balaban J connectivity index is 1.19. The van der Waals surface area contributed by atoms with Crippen molar-refractivity contribution in [3.8, 4) is 11.5 Å². The molecule has 1 N–H and O–H groups in total. The van der Waals surface area contributed by atoms with Gasteiger partial charge in [-0.15, -0.1) is 0 Å². The van der Waals surface area contributed by atoms with E-state index in [4.69, 9.17) is 9.47 Å². The summed E-state index contributed by atoms with van der Waals surface area (Å²) in [5.41, 5.74) is 4.47. The molecular formula is C23H29N3O3. The second kappa shape index (κ2) is 8.84. The summed E-state index contributed by atoms with van der Waals surface area (Å²) in [6.07, 6.45) is 0.523. The molecule has 2 aromatic carbocycles. The number of nitrogens with zero attached hydrogens (tertiary/aromatic N) is 2. The Morgan fingerprint density at radius 2 is 1.62 bits per heavy atom. The summed E-state index contributed by atoms with van der Waals surface area (Å²) >= 11 is 0. The van der Waals surface area contributed by atoms with Crippen LogP contribution in [0.25, 0.3) is 0 Å². The molecule has 2 heterocycles. The van der Waals surface area contributed by atoms with Crippen LogP contribution in [0.5, 0.6) is 11.5 Å². The van der Waals surface area contributed by atoms with Gasteiger partial charge in [-0.25, -0.2) is 0 Å². The fourth-order valence-electron chi connectivity index (χ4n) is 4.00. The largest absolute Gasteiger partial charge is 0.454 e. The maximum Gasteiger partial charge on any atom is 0.231 e. The number of hydrogen-bond donors (Lipinski definition) is 1. The molecule has 1 fully saturated rings. The molecule has 4 rings (SSSR count). The first-order valence-corrected chi connectivity index (χ1v) is 10.3. The highest BCUT2D eigenvalue weighted by atomic mass is 16.7. The molecule has 0 aromatic heterocycles. The van der Waals surface area contributed by atoms with Crippen LogP contribution >= 0.6 is 0 Å². The van der Waals surface area contributed by atoms with Gasteiger partial charge in [-0.2, -0.15) is 0 Å². The van der Waals surface area contributed by atoms with Crippen LogP contribution in [0.2, 0.25) is 0 Å². The quantitative estimate of drug-likeness (QED) is 0.814. The Hall–Kier alpha value is -2.57. The Labute approximate surface area is 172 Å². The summed E-state index contributed by atoms with van der Waals surface area (Å²) in [6, 6.07) is 12.3. The topological polar surface area (TPSA) is 54.0 Å². The summed E-state index contributed by atoms with van der Waals surface area (Å²) in [5, 5.41) is 3.03. The molecule has 0 bridgehead atoms. The summed E-state index contributed by atoms with van der Waals surface area (Å²) in [5.74, 6) is 1.76. The fraction of sp³-hybridized carbons (Fsp3) is 0.435. The molecule has 2 aromatic rings. The molecule has 6 heteroatoms. The highest BCUT2D eigenvalue weighted by Crippen LogP contribution is 2.32. The van der Waals surface area contributed by atoms with Crippen LogP contribution in [-0.2, 0) is 11.3 Å². The molecule has 29 heavy (non-hydrogen) atoms. The van der Waals surface area contributed by atoms with Gasteiger partial charge in [-0.1, -0.05) is 12.1 Å². The predicted molar refractivity (Wildman–Crippen MR) is 113 cm³/mol. The molecule has 0 saturated carbocycles. The van der Waals surface area contributed by atoms with Crippen molar-refractivity contribution in [3.05, 3.63) is 53.1 Å². The van der Waals surface area contributed by atoms with E-state index in [0.29, 0.717) is 13.2 Å². The minimum Gasteiger partial charge on any atom is -0.454 e. The number of carbonyl (C=O) groups is 1. The van der Waals surface area contributed by atoms with Crippen molar-refractivity contribution in [1.82, 2.24) is 9.80 Å². The molecule has 6 nitrogen and oxygen atoms in total. The van der Waals surface area contributed by atoms with Gasteiger partial charge in [0.1, 0.15) is 0 Å². The predicted octanol–water partition coefficient (Wildman–Crippen LogP) is 3.18. The number of rotatable bonds is 6. The summed E-state index contributed by atoms with van der Waals surface area (Å²) < 4.78 is 10.8. The minimum absolute atomic E-state index is 0.0813. The number of nitrogens with one attached hydrogen (secondary N) is 1. The monoisotopic (exact) mass is 395 g/mol. The standard InChI is InChI=1S/C23H29N3O3/c1-17-11-18(2)13-20(12-17)24-23(27)5-6-25-7-9-26(10-8-25)15-19-3-4-21-22(14-19)29-16-28-21/h3-4,11-14H,5-10,15-16H2,1-2H3,(H,24,27). The van der Waals surface area contributed by atoms with Crippen LogP contribution in [0.3, 0.4) is 0 Å². The maximum absolute atomic E-state index is 12.3. The molecule has 0 unspecified atom stereocenters. The van der Waals surface area contributed by atoms with Crippen molar-refractivity contribution >= 4 is 11.6 Å². The molecule has 2 aliphatic rings.